The third-order valence-electron chi connectivity index (χ3n) is 2.72. The molecule has 0 aliphatic carbocycles. The average molecular weight is 247 g/mol. The second kappa shape index (κ2) is 7.93. The molecule has 18 heavy (non-hydrogen) atoms. The Balaban J connectivity index is 2.51. The van der Waals surface area contributed by atoms with Gasteiger partial charge in [0.2, 0.25) is 0 Å². The minimum atomic E-state index is 0.0973. The lowest BCUT2D eigenvalue weighted by Crippen LogP contribution is -2.18. The van der Waals surface area contributed by atoms with Crippen LogP contribution in [0.1, 0.15) is 51.7 Å². The second-order valence-electron chi connectivity index (χ2n) is 5.11. The molecule has 0 heterocycles. The molecule has 0 radical (unpaired) electrons. The minimum Gasteiger partial charge on any atom is -0.271 e. The monoisotopic (exact) mass is 247 g/mol. The summed E-state index contributed by atoms with van der Waals surface area (Å²) in [6.45, 7) is 10.5. The van der Waals surface area contributed by atoms with Crippen molar-refractivity contribution in [2.45, 2.75) is 46.1 Å². The molecule has 0 fully saturated rings. The van der Waals surface area contributed by atoms with Crippen molar-refractivity contribution in [1.82, 2.24) is 5.48 Å². The van der Waals surface area contributed by atoms with Crippen molar-refractivity contribution in [2.24, 2.45) is 5.92 Å². The number of hydrogen-bond acceptors (Lipinski definition) is 2. The second-order valence-corrected chi connectivity index (χ2v) is 5.11. The highest BCUT2D eigenvalue weighted by Gasteiger charge is 2.11. The maximum absolute atomic E-state index is 5.78. The zero-order valence-electron chi connectivity index (χ0n) is 11.8. The van der Waals surface area contributed by atoms with Gasteiger partial charge in [0.25, 0.3) is 0 Å². The summed E-state index contributed by atoms with van der Waals surface area (Å²) in [5.74, 6) is 0.593. The smallest absolute Gasteiger partial charge is 0.110 e. The van der Waals surface area contributed by atoms with Gasteiger partial charge >= 0.3 is 0 Å². The van der Waals surface area contributed by atoms with Crippen LogP contribution in [0.25, 0.3) is 0 Å². The summed E-state index contributed by atoms with van der Waals surface area (Å²) in [6, 6.07) is 10.3. The van der Waals surface area contributed by atoms with Crippen LogP contribution in [-0.4, -0.2) is 0 Å². The van der Waals surface area contributed by atoms with E-state index in [9.17, 15) is 0 Å². The van der Waals surface area contributed by atoms with Gasteiger partial charge < -0.3 is 0 Å². The Morgan fingerprint density at radius 1 is 1.28 bits per heavy atom. The van der Waals surface area contributed by atoms with Crippen LogP contribution in [0.15, 0.2) is 42.6 Å². The van der Waals surface area contributed by atoms with Crippen molar-refractivity contribution >= 4 is 0 Å². The number of hydrogen-bond donors (Lipinski definition) is 1. The van der Waals surface area contributed by atoms with Gasteiger partial charge in [-0.3, -0.25) is 10.3 Å². The van der Waals surface area contributed by atoms with Gasteiger partial charge in [0.1, 0.15) is 6.10 Å². The Labute approximate surface area is 111 Å². The van der Waals surface area contributed by atoms with Gasteiger partial charge in [0, 0.05) is 5.70 Å². The van der Waals surface area contributed by atoms with E-state index in [1.165, 1.54) is 5.56 Å². The van der Waals surface area contributed by atoms with Crippen molar-refractivity contribution in [3.8, 4) is 0 Å². The predicted molar refractivity (Wildman–Crippen MR) is 76.9 cm³/mol. The molecule has 0 aromatic heterocycles. The van der Waals surface area contributed by atoms with Gasteiger partial charge in [-0.05, 0) is 24.3 Å². The van der Waals surface area contributed by atoms with Crippen molar-refractivity contribution in [1.29, 1.82) is 0 Å². The average Bonchev–Trinajstić information content (AvgIpc) is 2.34. The summed E-state index contributed by atoms with van der Waals surface area (Å²) >= 11 is 0. The Morgan fingerprint density at radius 2 is 1.94 bits per heavy atom. The van der Waals surface area contributed by atoms with E-state index in [0.717, 1.165) is 25.0 Å². The predicted octanol–water partition coefficient (Wildman–Crippen LogP) is 4.61. The molecule has 0 saturated carbocycles. The molecule has 0 amide bonds. The van der Waals surface area contributed by atoms with Gasteiger partial charge in [-0.25, -0.2) is 0 Å². The fourth-order valence-corrected chi connectivity index (χ4v) is 1.91. The number of hydroxylamine groups is 1. The summed E-state index contributed by atoms with van der Waals surface area (Å²) < 4.78 is 0. The van der Waals surface area contributed by atoms with Crippen LogP contribution in [0, 0.1) is 5.92 Å². The molecule has 1 aromatic rings. The van der Waals surface area contributed by atoms with Crippen molar-refractivity contribution in [3.63, 3.8) is 0 Å². The molecule has 100 valence electrons. The summed E-state index contributed by atoms with van der Waals surface area (Å²) in [5.41, 5.74) is 5.16. The van der Waals surface area contributed by atoms with Crippen molar-refractivity contribution in [2.75, 3.05) is 0 Å². The molecule has 0 aliphatic heterocycles. The molecule has 1 rings (SSSR count). The number of allylic oxidation sites excluding steroid dienone is 1. The highest BCUT2D eigenvalue weighted by atomic mass is 16.7. The first kappa shape index (κ1) is 14.8. The highest BCUT2D eigenvalue weighted by Crippen LogP contribution is 2.22. The fraction of sp³-hybridized carbons (Fsp3) is 0.500. The molecule has 0 aliphatic rings. The van der Waals surface area contributed by atoms with Crippen LogP contribution in [0.3, 0.4) is 0 Å². The maximum Gasteiger partial charge on any atom is 0.110 e. The maximum atomic E-state index is 5.78. The van der Waals surface area contributed by atoms with Crippen LogP contribution in [0.5, 0.6) is 0 Å². The molecular formula is C16H25NO. The number of rotatable bonds is 8. The molecule has 0 bridgehead atoms. The fourth-order valence-electron chi connectivity index (χ4n) is 1.91. The van der Waals surface area contributed by atoms with E-state index in [4.69, 9.17) is 4.84 Å². The van der Waals surface area contributed by atoms with Gasteiger partial charge in [-0.2, -0.15) is 0 Å². The quantitative estimate of drug-likeness (QED) is 0.677. The number of benzene rings is 1. The van der Waals surface area contributed by atoms with E-state index in [1.807, 2.05) is 18.2 Å². The van der Waals surface area contributed by atoms with E-state index in [-0.39, 0.29) is 6.10 Å². The van der Waals surface area contributed by atoms with Crippen molar-refractivity contribution < 1.29 is 4.84 Å². The molecule has 1 N–H and O–H groups in total. The van der Waals surface area contributed by atoms with E-state index < -0.39 is 0 Å². The van der Waals surface area contributed by atoms with Gasteiger partial charge in [0.15, 0.2) is 0 Å². The standard InChI is InChI=1S/C16H25NO/c1-5-9-16(15-10-7-6-8-11-15)18-17-14(4)12-13(2)3/h6-8,10-11,13,16-17H,4-5,9,12H2,1-3H3. The zero-order valence-corrected chi connectivity index (χ0v) is 11.8. The largest absolute Gasteiger partial charge is 0.271 e. The third kappa shape index (κ3) is 5.37. The van der Waals surface area contributed by atoms with E-state index >= 15 is 0 Å². The molecular weight excluding hydrogens is 222 g/mol. The molecule has 1 unspecified atom stereocenters. The lowest BCUT2D eigenvalue weighted by atomic mass is 10.1. The Kier molecular flexibility index (Phi) is 6.51. The third-order valence-corrected chi connectivity index (χ3v) is 2.72. The lowest BCUT2D eigenvalue weighted by molar-refractivity contribution is -0.0164. The van der Waals surface area contributed by atoms with Crippen LogP contribution in [0.2, 0.25) is 0 Å². The van der Waals surface area contributed by atoms with E-state index in [1.54, 1.807) is 0 Å². The summed E-state index contributed by atoms with van der Waals surface area (Å²) in [5, 5.41) is 0. The normalized spacial score (nSPS) is 12.4. The first-order chi connectivity index (χ1) is 8.63. The minimum absolute atomic E-state index is 0.0973. The molecule has 2 heteroatoms. The SMILES string of the molecule is C=C(CC(C)C)NOC(CCC)c1ccccc1. The highest BCUT2D eigenvalue weighted by molar-refractivity contribution is 5.17. The first-order valence-corrected chi connectivity index (χ1v) is 6.77. The lowest BCUT2D eigenvalue weighted by Gasteiger charge is -2.20. The molecule has 0 spiro atoms. The Hall–Kier alpha value is -1.28. The molecule has 1 atom stereocenters. The van der Waals surface area contributed by atoms with Gasteiger partial charge in [-0.1, -0.05) is 64.1 Å². The molecule has 0 saturated heterocycles. The topological polar surface area (TPSA) is 21.3 Å². The van der Waals surface area contributed by atoms with Crippen LogP contribution < -0.4 is 5.48 Å². The number of nitrogens with one attached hydrogen (secondary N) is 1. The first-order valence-electron chi connectivity index (χ1n) is 6.77. The zero-order chi connectivity index (χ0) is 13.4. The van der Waals surface area contributed by atoms with Gasteiger partial charge in [0.05, 0.1) is 0 Å². The van der Waals surface area contributed by atoms with E-state index in [0.29, 0.717) is 5.92 Å². The van der Waals surface area contributed by atoms with E-state index in [2.05, 4.69) is 45.0 Å². The van der Waals surface area contributed by atoms with Crippen LogP contribution >= 0.6 is 0 Å². The Bertz CT molecular complexity index is 345. The van der Waals surface area contributed by atoms with Crippen LogP contribution in [-0.2, 0) is 4.84 Å². The molecule has 2 nitrogen and oxygen atoms in total. The Morgan fingerprint density at radius 3 is 2.50 bits per heavy atom. The van der Waals surface area contributed by atoms with Crippen molar-refractivity contribution in [3.05, 3.63) is 48.2 Å². The summed E-state index contributed by atoms with van der Waals surface area (Å²) in [4.78, 5) is 5.78. The van der Waals surface area contributed by atoms with Crippen LogP contribution in [0.4, 0.5) is 0 Å². The summed E-state index contributed by atoms with van der Waals surface area (Å²) in [7, 11) is 0. The van der Waals surface area contributed by atoms with Gasteiger partial charge in [-0.15, -0.1) is 0 Å². The summed E-state index contributed by atoms with van der Waals surface area (Å²) in [6.07, 6.45) is 3.14. The molecule has 1 aromatic carbocycles.